The van der Waals surface area contributed by atoms with E-state index in [1.807, 2.05) is 12.2 Å². The largest absolute Gasteiger partial charge is 0.376 e. The van der Waals surface area contributed by atoms with Crippen molar-refractivity contribution in [3.05, 3.63) is 28.8 Å². The minimum atomic E-state index is -0.861. The zero-order valence-corrected chi connectivity index (χ0v) is 9.47. The number of carbonyl (C=O) groups excluding carboxylic acids is 2. The van der Waals surface area contributed by atoms with Crippen LogP contribution in [0.5, 0.6) is 0 Å². The van der Waals surface area contributed by atoms with Crippen molar-refractivity contribution in [2.75, 3.05) is 11.9 Å². The zero-order chi connectivity index (χ0) is 12.1. The van der Waals surface area contributed by atoms with Gasteiger partial charge in [-0.2, -0.15) is 0 Å². The van der Waals surface area contributed by atoms with Crippen LogP contribution in [0.25, 0.3) is 0 Å². The number of carbonyl (C=O) groups is 2. The number of amides is 3. The van der Waals surface area contributed by atoms with Crippen LogP contribution in [0.3, 0.4) is 0 Å². The molecule has 4 N–H and O–H groups in total. The smallest absolute Gasteiger partial charge is 0.318 e. The number of primary amides is 1. The van der Waals surface area contributed by atoms with Crippen LogP contribution in [0.1, 0.15) is 5.56 Å². The van der Waals surface area contributed by atoms with Gasteiger partial charge in [-0.1, -0.05) is 11.6 Å². The van der Waals surface area contributed by atoms with Gasteiger partial charge in [-0.05, 0) is 30.7 Å². The number of urea groups is 1. The summed E-state index contributed by atoms with van der Waals surface area (Å²) in [6, 6.07) is 4.38. The molecule has 0 atom stereocenters. The summed E-state index contributed by atoms with van der Waals surface area (Å²) in [6.45, 7) is 1.84. The average molecular weight is 242 g/mol. The number of anilines is 1. The van der Waals surface area contributed by atoms with E-state index in [-0.39, 0.29) is 6.54 Å². The van der Waals surface area contributed by atoms with E-state index in [9.17, 15) is 9.59 Å². The summed E-state index contributed by atoms with van der Waals surface area (Å²) in [7, 11) is 0. The van der Waals surface area contributed by atoms with Crippen molar-refractivity contribution in [3.63, 3.8) is 0 Å². The monoisotopic (exact) mass is 241 g/mol. The second-order valence-corrected chi connectivity index (χ2v) is 3.66. The lowest BCUT2D eigenvalue weighted by Crippen LogP contribution is -2.38. The Bertz CT molecular complexity index is 421. The minimum absolute atomic E-state index is 0.0224. The highest BCUT2D eigenvalue weighted by Gasteiger charge is 2.04. The fourth-order valence-electron chi connectivity index (χ4n) is 1.18. The van der Waals surface area contributed by atoms with Gasteiger partial charge in [0.15, 0.2) is 0 Å². The molecule has 0 fully saturated rings. The van der Waals surface area contributed by atoms with E-state index in [0.717, 1.165) is 11.3 Å². The average Bonchev–Trinajstić information content (AvgIpc) is 2.15. The third-order valence-electron chi connectivity index (χ3n) is 1.89. The van der Waals surface area contributed by atoms with Crippen molar-refractivity contribution >= 4 is 29.2 Å². The number of halogens is 1. The van der Waals surface area contributed by atoms with E-state index >= 15 is 0 Å². The van der Waals surface area contributed by atoms with Gasteiger partial charge in [0.05, 0.1) is 6.54 Å². The first-order valence-corrected chi connectivity index (χ1v) is 4.96. The molecule has 0 unspecified atom stereocenters. The first-order chi connectivity index (χ1) is 7.49. The number of benzene rings is 1. The Morgan fingerprint density at radius 1 is 1.44 bits per heavy atom. The normalized spacial score (nSPS) is 9.62. The predicted octanol–water partition coefficient (Wildman–Crippen LogP) is 1.26. The first-order valence-electron chi connectivity index (χ1n) is 4.58. The molecule has 16 heavy (non-hydrogen) atoms. The summed E-state index contributed by atoms with van der Waals surface area (Å²) in [5, 5.41) is 5.45. The van der Waals surface area contributed by atoms with Gasteiger partial charge in [0.2, 0.25) is 5.91 Å². The molecule has 1 rings (SSSR count). The third kappa shape index (κ3) is 3.78. The van der Waals surface area contributed by atoms with E-state index in [1.54, 1.807) is 18.2 Å². The van der Waals surface area contributed by atoms with Gasteiger partial charge < -0.3 is 11.1 Å². The van der Waals surface area contributed by atoms with Gasteiger partial charge in [-0.3, -0.25) is 10.1 Å². The number of aryl methyl sites for hydroxylation is 1. The lowest BCUT2D eigenvalue weighted by Gasteiger charge is -2.08. The van der Waals surface area contributed by atoms with Crippen molar-refractivity contribution in [2.24, 2.45) is 5.73 Å². The number of hydrogen-bond donors (Lipinski definition) is 3. The molecule has 1 aromatic rings. The molecule has 0 aromatic heterocycles. The molecule has 0 aliphatic carbocycles. The molecule has 3 amide bonds. The lowest BCUT2D eigenvalue weighted by molar-refractivity contribution is -0.118. The molecule has 86 valence electrons. The van der Waals surface area contributed by atoms with Crippen molar-refractivity contribution < 1.29 is 9.59 Å². The summed E-state index contributed by atoms with van der Waals surface area (Å²) in [5.41, 5.74) is 6.49. The maximum absolute atomic E-state index is 11.1. The van der Waals surface area contributed by atoms with Crippen LogP contribution in [0.2, 0.25) is 5.02 Å². The highest BCUT2D eigenvalue weighted by atomic mass is 35.5. The number of rotatable bonds is 3. The Balaban J connectivity index is 2.54. The fraction of sp³-hybridized carbons (Fsp3) is 0.200. The van der Waals surface area contributed by atoms with E-state index in [4.69, 9.17) is 17.3 Å². The summed E-state index contributed by atoms with van der Waals surface area (Å²) >= 11 is 5.78. The molecule has 0 saturated carbocycles. The maximum atomic E-state index is 11.1. The second kappa shape index (κ2) is 5.37. The molecule has 6 heteroatoms. The fourth-order valence-corrected chi connectivity index (χ4v) is 1.41. The Morgan fingerprint density at radius 2 is 2.12 bits per heavy atom. The Morgan fingerprint density at radius 3 is 2.69 bits per heavy atom. The van der Waals surface area contributed by atoms with Crippen LogP contribution in [0.4, 0.5) is 10.5 Å². The molecule has 0 bridgehead atoms. The van der Waals surface area contributed by atoms with E-state index in [0.29, 0.717) is 5.02 Å². The molecular weight excluding hydrogens is 230 g/mol. The quantitative estimate of drug-likeness (QED) is 0.745. The summed E-state index contributed by atoms with van der Waals surface area (Å²) < 4.78 is 0. The van der Waals surface area contributed by atoms with E-state index in [1.165, 1.54) is 0 Å². The first kappa shape index (κ1) is 12.3. The number of hydrogen-bond acceptors (Lipinski definition) is 3. The summed E-state index contributed by atoms with van der Waals surface area (Å²) in [5.74, 6) is -0.484. The lowest BCUT2D eigenvalue weighted by atomic mass is 10.2. The maximum Gasteiger partial charge on any atom is 0.318 e. The van der Waals surface area contributed by atoms with Crippen LogP contribution >= 0.6 is 11.6 Å². The van der Waals surface area contributed by atoms with Crippen molar-refractivity contribution in [1.82, 2.24) is 5.32 Å². The number of imide groups is 1. The number of nitrogens with two attached hydrogens (primary N) is 1. The predicted molar refractivity (Wildman–Crippen MR) is 62.4 cm³/mol. The van der Waals surface area contributed by atoms with E-state index in [2.05, 4.69) is 5.32 Å². The van der Waals surface area contributed by atoms with Crippen LogP contribution in [-0.4, -0.2) is 18.5 Å². The number of nitrogens with one attached hydrogen (secondary N) is 2. The molecule has 5 nitrogen and oxygen atoms in total. The van der Waals surface area contributed by atoms with Crippen LogP contribution < -0.4 is 16.4 Å². The molecule has 1 aromatic carbocycles. The van der Waals surface area contributed by atoms with Crippen LogP contribution in [-0.2, 0) is 4.79 Å². The van der Waals surface area contributed by atoms with Crippen molar-refractivity contribution in [1.29, 1.82) is 0 Å². The van der Waals surface area contributed by atoms with Gasteiger partial charge in [0.25, 0.3) is 0 Å². The van der Waals surface area contributed by atoms with Gasteiger partial charge in [-0.15, -0.1) is 0 Å². The molecule has 0 radical (unpaired) electrons. The van der Waals surface area contributed by atoms with E-state index < -0.39 is 11.9 Å². The van der Waals surface area contributed by atoms with Crippen LogP contribution in [0.15, 0.2) is 18.2 Å². The Hall–Kier alpha value is -1.75. The summed E-state index contributed by atoms with van der Waals surface area (Å²) in [6.07, 6.45) is 0. The Kier molecular flexibility index (Phi) is 4.13. The highest BCUT2D eigenvalue weighted by Crippen LogP contribution is 2.19. The molecule has 0 spiro atoms. The molecular formula is C10H12ClN3O2. The second-order valence-electron chi connectivity index (χ2n) is 3.23. The topological polar surface area (TPSA) is 84.2 Å². The van der Waals surface area contributed by atoms with Gasteiger partial charge in [0.1, 0.15) is 0 Å². The molecule has 0 saturated heterocycles. The molecule has 0 heterocycles. The van der Waals surface area contributed by atoms with Crippen LogP contribution in [0, 0.1) is 6.92 Å². The zero-order valence-electron chi connectivity index (χ0n) is 8.71. The molecule has 0 aliphatic heterocycles. The Labute approximate surface area is 98.0 Å². The standard InChI is InChI=1S/C10H12ClN3O2/c1-6-4-7(11)2-3-8(6)13-5-9(15)14-10(12)16/h2-4,13H,5H2,1H3,(H3,12,14,15,16). The van der Waals surface area contributed by atoms with Gasteiger partial charge in [0, 0.05) is 10.7 Å². The third-order valence-corrected chi connectivity index (χ3v) is 2.13. The highest BCUT2D eigenvalue weighted by molar-refractivity contribution is 6.30. The summed E-state index contributed by atoms with van der Waals surface area (Å²) in [4.78, 5) is 21.5. The van der Waals surface area contributed by atoms with Gasteiger partial charge in [-0.25, -0.2) is 4.79 Å². The van der Waals surface area contributed by atoms with Crippen molar-refractivity contribution in [3.8, 4) is 0 Å². The minimum Gasteiger partial charge on any atom is -0.376 e. The SMILES string of the molecule is Cc1cc(Cl)ccc1NCC(=O)NC(N)=O. The molecule has 0 aliphatic rings. The van der Waals surface area contributed by atoms with Gasteiger partial charge >= 0.3 is 6.03 Å². The van der Waals surface area contributed by atoms with Crippen molar-refractivity contribution in [2.45, 2.75) is 6.92 Å².